The van der Waals surface area contributed by atoms with E-state index >= 15 is 0 Å². The lowest BCUT2D eigenvalue weighted by Crippen LogP contribution is -2.06. The predicted molar refractivity (Wildman–Crippen MR) is 57.4 cm³/mol. The third-order valence-electron chi connectivity index (χ3n) is 2.12. The molecule has 0 bridgehead atoms. The number of nitrogens with zero attached hydrogens (tertiary/aromatic N) is 2. The van der Waals surface area contributed by atoms with Gasteiger partial charge in [0.2, 0.25) is 5.88 Å². The van der Waals surface area contributed by atoms with E-state index in [4.69, 9.17) is 9.84 Å². The van der Waals surface area contributed by atoms with Crippen molar-refractivity contribution in [1.29, 1.82) is 0 Å². The molecule has 0 aliphatic rings. The third kappa shape index (κ3) is 1.93. The first-order valence-electron chi connectivity index (χ1n) is 4.72. The number of para-hydroxylation sites is 2. The number of methoxy groups -OCH3 is 1. The Morgan fingerprint density at radius 1 is 1.31 bits per heavy atom. The minimum atomic E-state index is -0.956. The fourth-order valence-electron chi connectivity index (χ4n) is 1.44. The number of rotatable bonds is 3. The molecule has 0 saturated carbocycles. The molecule has 0 amide bonds. The van der Waals surface area contributed by atoms with Crippen LogP contribution < -0.4 is 4.74 Å². The van der Waals surface area contributed by atoms with Crippen molar-refractivity contribution in [2.75, 3.05) is 7.11 Å². The van der Waals surface area contributed by atoms with Crippen LogP contribution in [-0.2, 0) is 11.2 Å². The highest BCUT2D eigenvalue weighted by molar-refractivity contribution is 5.76. The fraction of sp³-hybridized carbons (Fsp3) is 0.182. The maximum absolute atomic E-state index is 10.6. The van der Waals surface area contributed by atoms with E-state index < -0.39 is 5.97 Å². The van der Waals surface area contributed by atoms with Crippen molar-refractivity contribution in [2.45, 2.75) is 6.42 Å². The zero-order valence-electron chi connectivity index (χ0n) is 8.67. The number of aliphatic carboxylic acids is 1. The van der Waals surface area contributed by atoms with E-state index in [1.54, 1.807) is 12.1 Å². The van der Waals surface area contributed by atoms with E-state index in [2.05, 4.69) is 9.97 Å². The smallest absolute Gasteiger partial charge is 0.309 e. The Bertz CT molecular complexity index is 540. The lowest BCUT2D eigenvalue weighted by atomic mass is 10.2. The van der Waals surface area contributed by atoms with Crippen molar-refractivity contribution in [1.82, 2.24) is 9.97 Å². The number of fused-ring (bicyclic) bond motifs is 1. The van der Waals surface area contributed by atoms with Crippen molar-refractivity contribution >= 4 is 17.0 Å². The summed E-state index contributed by atoms with van der Waals surface area (Å²) in [6.07, 6.45) is -0.193. The summed E-state index contributed by atoms with van der Waals surface area (Å²) in [4.78, 5) is 19.1. The zero-order valence-corrected chi connectivity index (χ0v) is 8.67. The number of aromatic nitrogens is 2. The molecule has 0 aliphatic carbocycles. The first-order chi connectivity index (χ1) is 7.70. The molecule has 16 heavy (non-hydrogen) atoms. The first kappa shape index (κ1) is 10.4. The molecule has 0 saturated heterocycles. The van der Waals surface area contributed by atoms with Gasteiger partial charge >= 0.3 is 5.97 Å². The second-order valence-electron chi connectivity index (χ2n) is 3.24. The molecule has 1 heterocycles. The maximum Gasteiger partial charge on any atom is 0.309 e. The monoisotopic (exact) mass is 218 g/mol. The average molecular weight is 218 g/mol. The van der Waals surface area contributed by atoms with Gasteiger partial charge in [-0.2, -0.15) is 0 Å². The SMILES string of the molecule is COc1nc2ccccc2nc1CC(=O)O. The molecule has 0 unspecified atom stereocenters. The van der Waals surface area contributed by atoms with Crippen LogP contribution in [-0.4, -0.2) is 28.2 Å². The highest BCUT2D eigenvalue weighted by atomic mass is 16.5. The topological polar surface area (TPSA) is 72.3 Å². The summed E-state index contributed by atoms with van der Waals surface area (Å²) >= 11 is 0. The first-order valence-corrected chi connectivity index (χ1v) is 4.72. The summed E-state index contributed by atoms with van der Waals surface area (Å²) in [6.45, 7) is 0. The van der Waals surface area contributed by atoms with Gasteiger partial charge in [-0.3, -0.25) is 4.79 Å². The van der Waals surface area contributed by atoms with Crippen LogP contribution in [0.25, 0.3) is 11.0 Å². The van der Waals surface area contributed by atoms with E-state index in [0.717, 1.165) is 0 Å². The normalized spacial score (nSPS) is 10.3. The van der Waals surface area contributed by atoms with Crippen molar-refractivity contribution in [3.05, 3.63) is 30.0 Å². The zero-order chi connectivity index (χ0) is 11.5. The van der Waals surface area contributed by atoms with Crippen LogP contribution in [0.5, 0.6) is 5.88 Å². The molecule has 0 fully saturated rings. The Hall–Kier alpha value is -2.17. The van der Waals surface area contributed by atoms with Crippen LogP contribution in [0.1, 0.15) is 5.69 Å². The van der Waals surface area contributed by atoms with Crippen LogP contribution in [0.15, 0.2) is 24.3 Å². The summed E-state index contributed by atoms with van der Waals surface area (Å²) in [5.74, 6) is -0.691. The summed E-state index contributed by atoms with van der Waals surface area (Å²) in [5, 5.41) is 8.74. The van der Waals surface area contributed by atoms with E-state index in [1.165, 1.54) is 7.11 Å². The van der Waals surface area contributed by atoms with Gasteiger partial charge in [0.15, 0.2) is 0 Å². The molecule has 0 atom stereocenters. The Labute approximate surface area is 91.7 Å². The molecule has 1 N–H and O–H groups in total. The molecule has 0 radical (unpaired) electrons. The number of hydrogen-bond donors (Lipinski definition) is 1. The van der Waals surface area contributed by atoms with Gasteiger partial charge in [0, 0.05) is 0 Å². The van der Waals surface area contributed by atoms with Gasteiger partial charge < -0.3 is 9.84 Å². The minimum Gasteiger partial charge on any atom is -0.481 e. The van der Waals surface area contributed by atoms with Crippen LogP contribution in [0.4, 0.5) is 0 Å². The summed E-state index contributed by atoms with van der Waals surface area (Å²) in [7, 11) is 1.45. The van der Waals surface area contributed by atoms with Gasteiger partial charge in [0.25, 0.3) is 0 Å². The molecule has 2 aromatic rings. The highest BCUT2D eigenvalue weighted by Crippen LogP contribution is 2.18. The van der Waals surface area contributed by atoms with Crippen LogP contribution in [0.2, 0.25) is 0 Å². The van der Waals surface area contributed by atoms with E-state index in [-0.39, 0.29) is 12.3 Å². The quantitative estimate of drug-likeness (QED) is 0.839. The van der Waals surface area contributed by atoms with Crippen molar-refractivity contribution in [3.8, 4) is 5.88 Å². The number of hydrogen-bond acceptors (Lipinski definition) is 4. The van der Waals surface area contributed by atoms with Crippen LogP contribution in [0.3, 0.4) is 0 Å². The van der Waals surface area contributed by atoms with Gasteiger partial charge in [0.1, 0.15) is 5.69 Å². The summed E-state index contributed by atoms with van der Waals surface area (Å²) < 4.78 is 5.02. The minimum absolute atomic E-state index is 0.193. The summed E-state index contributed by atoms with van der Waals surface area (Å²) in [6, 6.07) is 7.25. The fourth-order valence-corrected chi connectivity index (χ4v) is 1.44. The second kappa shape index (κ2) is 4.14. The molecule has 0 aliphatic heterocycles. The molecular weight excluding hydrogens is 208 g/mol. The van der Waals surface area contributed by atoms with Crippen LogP contribution >= 0.6 is 0 Å². The van der Waals surface area contributed by atoms with E-state index in [1.807, 2.05) is 12.1 Å². The van der Waals surface area contributed by atoms with Gasteiger partial charge in [0.05, 0.1) is 24.6 Å². The third-order valence-corrected chi connectivity index (χ3v) is 2.12. The molecular formula is C11H10N2O3. The van der Waals surface area contributed by atoms with Gasteiger partial charge in [-0.1, -0.05) is 12.1 Å². The Morgan fingerprint density at radius 3 is 2.50 bits per heavy atom. The van der Waals surface area contributed by atoms with E-state index in [0.29, 0.717) is 16.7 Å². The van der Waals surface area contributed by atoms with Crippen molar-refractivity contribution in [2.24, 2.45) is 0 Å². The van der Waals surface area contributed by atoms with Gasteiger partial charge in [-0.05, 0) is 12.1 Å². The molecule has 2 rings (SSSR count). The standard InChI is InChI=1S/C11H10N2O3/c1-16-11-9(6-10(14)15)12-7-4-2-3-5-8(7)13-11/h2-5H,6H2,1H3,(H,14,15). The molecule has 5 nitrogen and oxygen atoms in total. The predicted octanol–water partition coefficient (Wildman–Crippen LogP) is 1.27. The number of carboxylic acids is 1. The Balaban J connectivity index is 2.58. The molecule has 5 heteroatoms. The van der Waals surface area contributed by atoms with E-state index in [9.17, 15) is 4.79 Å². The highest BCUT2D eigenvalue weighted by Gasteiger charge is 2.12. The van der Waals surface area contributed by atoms with Crippen molar-refractivity contribution < 1.29 is 14.6 Å². The van der Waals surface area contributed by atoms with Gasteiger partial charge in [-0.25, -0.2) is 9.97 Å². The molecule has 82 valence electrons. The lowest BCUT2D eigenvalue weighted by molar-refractivity contribution is -0.136. The largest absolute Gasteiger partial charge is 0.481 e. The van der Waals surface area contributed by atoms with Crippen molar-refractivity contribution in [3.63, 3.8) is 0 Å². The molecule has 1 aromatic heterocycles. The number of carbonyl (C=O) groups is 1. The average Bonchev–Trinajstić information content (AvgIpc) is 2.27. The van der Waals surface area contributed by atoms with Gasteiger partial charge in [-0.15, -0.1) is 0 Å². The Morgan fingerprint density at radius 2 is 1.94 bits per heavy atom. The second-order valence-corrected chi connectivity index (χ2v) is 3.24. The van der Waals surface area contributed by atoms with Crippen LogP contribution in [0, 0.1) is 0 Å². The summed E-state index contributed by atoms with van der Waals surface area (Å²) in [5.41, 5.74) is 1.70. The maximum atomic E-state index is 10.6. The number of carboxylic acid groups (broad SMARTS) is 1. The molecule has 1 aromatic carbocycles. The lowest BCUT2D eigenvalue weighted by Gasteiger charge is -2.06. The molecule has 0 spiro atoms. The Kier molecular flexibility index (Phi) is 2.68. The number of benzene rings is 1. The number of ether oxygens (including phenoxy) is 1.